The molecule has 0 bridgehead atoms. The van der Waals surface area contributed by atoms with Crippen molar-refractivity contribution in [2.75, 3.05) is 19.0 Å². The SMILES string of the molecule is COc1cc(C2C3=C(CC(C)(C)CC3=O)NC3=C2C(=O)CC(C)(C)C3)ccc1OCC(=O)Nc1ccc(C)cc1C. The fourth-order valence-corrected chi connectivity index (χ4v) is 6.49. The zero-order chi connectivity index (χ0) is 29.7. The van der Waals surface area contributed by atoms with Gasteiger partial charge in [-0.3, -0.25) is 14.4 Å². The first-order valence-corrected chi connectivity index (χ1v) is 14.2. The van der Waals surface area contributed by atoms with E-state index in [2.05, 4.69) is 38.3 Å². The lowest BCUT2D eigenvalue weighted by Crippen LogP contribution is -2.42. The highest BCUT2D eigenvalue weighted by molar-refractivity contribution is 6.06. The number of benzene rings is 2. The lowest BCUT2D eigenvalue weighted by molar-refractivity contribution is -0.119. The van der Waals surface area contributed by atoms with Crippen molar-refractivity contribution < 1.29 is 23.9 Å². The van der Waals surface area contributed by atoms with Crippen molar-refractivity contribution in [2.24, 2.45) is 10.8 Å². The Labute approximate surface area is 242 Å². The number of ketones is 2. The van der Waals surface area contributed by atoms with Crippen LogP contribution in [0.15, 0.2) is 58.9 Å². The molecule has 2 aliphatic carbocycles. The van der Waals surface area contributed by atoms with E-state index in [-0.39, 0.29) is 34.9 Å². The van der Waals surface area contributed by atoms with E-state index in [1.165, 1.54) is 0 Å². The van der Waals surface area contributed by atoms with Crippen molar-refractivity contribution in [3.8, 4) is 11.5 Å². The molecule has 5 rings (SSSR count). The number of hydrogen-bond donors (Lipinski definition) is 2. The third-order valence-electron chi connectivity index (χ3n) is 8.25. The number of Topliss-reactive ketones (excluding diaryl/α,β-unsaturated/α-hetero) is 2. The van der Waals surface area contributed by atoms with Crippen molar-refractivity contribution in [1.29, 1.82) is 0 Å². The van der Waals surface area contributed by atoms with Crippen LogP contribution in [-0.4, -0.2) is 31.2 Å². The molecule has 2 N–H and O–H groups in total. The number of allylic oxidation sites excluding steroid dienone is 4. The summed E-state index contributed by atoms with van der Waals surface area (Å²) >= 11 is 0. The molecule has 41 heavy (non-hydrogen) atoms. The van der Waals surface area contributed by atoms with Crippen LogP contribution in [0.1, 0.15) is 76.0 Å². The fraction of sp³-hybridized carbons (Fsp3) is 0.441. The minimum absolute atomic E-state index is 0.0697. The molecule has 0 fully saturated rings. The molecule has 0 aromatic heterocycles. The molecule has 1 amide bonds. The van der Waals surface area contributed by atoms with E-state index >= 15 is 0 Å². The average Bonchev–Trinajstić information content (AvgIpc) is 2.86. The van der Waals surface area contributed by atoms with Crippen LogP contribution in [0.2, 0.25) is 0 Å². The summed E-state index contributed by atoms with van der Waals surface area (Å²) < 4.78 is 11.5. The molecule has 0 spiro atoms. The second kappa shape index (κ2) is 10.5. The molecule has 7 heteroatoms. The van der Waals surface area contributed by atoms with Gasteiger partial charge in [0.15, 0.2) is 29.7 Å². The van der Waals surface area contributed by atoms with Crippen molar-refractivity contribution >= 4 is 23.2 Å². The number of carbonyl (C=O) groups excluding carboxylic acids is 3. The van der Waals surface area contributed by atoms with Gasteiger partial charge in [-0.15, -0.1) is 0 Å². The molecule has 7 nitrogen and oxygen atoms in total. The van der Waals surface area contributed by atoms with Gasteiger partial charge in [0.05, 0.1) is 7.11 Å². The van der Waals surface area contributed by atoms with Gasteiger partial charge in [0.25, 0.3) is 5.91 Å². The molecule has 2 aromatic carbocycles. The Morgan fingerprint density at radius 2 is 1.49 bits per heavy atom. The fourth-order valence-electron chi connectivity index (χ4n) is 6.49. The number of anilines is 1. The van der Waals surface area contributed by atoms with Crippen LogP contribution >= 0.6 is 0 Å². The second-order valence-corrected chi connectivity index (χ2v) is 13.3. The van der Waals surface area contributed by atoms with E-state index in [1.807, 2.05) is 44.2 Å². The normalized spacial score (nSPS) is 19.8. The van der Waals surface area contributed by atoms with Crippen LogP contribution in [0.5, 0.6) is 11.5 Å². The highest BCUT2D eigenvalue weighted by Crippen LogP contribution is 2.51. The summed E-state index contributed by atoms with van der Waals surface area (Å²) in [7, 11) is 1.54. The Balaban J connectivity index is 1.45. The Bertz CT molecular complexity index is 1460. The monoisotopic (exact) mass is 556 g/mol. The van der Waals surface area contributed by atoms with Crippen molar-refractivity contribution in [3.05, 3.63) is 75.6 Å². The van der Waals surface area contributed by atoms with Crippen LogP contribution in [0, 0.1) is 24.7 Å². The number of carbonyl (C=O) groups is 3. The maximum absolute atomic E-state index is 13.6. The van der Waals surface area contributed by atoms with Crippen molar-refractivity contribution in [3.63, 3.8) is 0 Å². The van der Waals surface area contributed by atoms with Gasteiger partial charge in [0.2, 0.25) is 0 Å². The number of aryl methyl sites for hydroxylation is 2. The molecular formula is C34H40N2O5. The van der Waals surface area contributed by atoms with E-state index < -0.39 is 5.92 Å². The summed E-state index contributed by atoms with van der Waals surface area (Å²) in [6.07, 6.45) is 2.34. The first-order valence-electron chi connectivity index (χ1n) is 14.2. The maximum atomic E-state index is 13.6. The largest absolute Gasteiger partial charge is 0.493 e. The highest BCUT2D eigenvalue weighted by atomic mass is 16.5. The van der Waals surface area contributed by atoms with Crippen molar-refractivity contribution in [1.82, 2.24) is 5.32 Å². The summed E-state index contributed by atoms with van der Waals surface area (Å²) in [6.45, 7) is 12.2. The third-order valence-corrected chi connectivity index (χ3v) is 8.25. The summed E-state index contributed by atoms with van der Waals surface area (Å²) in [4.78, 5) is 39.8. The number of ether oxygens (including phenoxy) is 2. The molecule has 2 aromatic rings. The standard InChI is InChI=1S/C34H40N2O5/c1-19-8-10-22(20(2)12-19)36-29(39)18-41-27-11-9-21(13-28(27)40-7)30-31-23(14-33(3,4)16-25(31)37)35-24-15-34(5,6)17-26(38)32(24)30/h8-13,30,35H,14-18H2,1-7H3,(H,36,39). The lowest BCUT2D eigenvalue weighted by atomic mass is 9.64. The van der Waals surface area contributed by atoms with Crippen molar-refractivity contribution in [2.45, 2.75) is 73.1 Å². The number of hydrogen-bond acceptors (Lipinski definition) is 6. The highest BCUT2D eigenvalue weighted by Gasteiger charge is 2.46. The van der Waals surface area contributed by atoms with Gasteiger partial charge in [-0.1, -0.05) is 51.5 Å². The van der Waals surface area contributed by atoms with Gasteiger partial charge >= 0.3 is 0 Å². The number of amides is 1. The van der Waals surface area contributed by atoms with E-state index in [1.54, 1.807) is 13.2 Å². The van der Waals surface area contributed by atoms with Gasteiger partial charge < -0.3 is 20.1 Å². The van der Waals surface area contributed by atoms with E-state index in [0.29, 0.717) is 35.5 Å². The zero-order valence-electron chi connectivity index (χ0n) is 25.1. The Hall–Kier alpha value is -3.87. The van der Waals surface area contributed by atoms with Crippen LogP contribution in [-0.2, 0) is 14.4 Å². The molecular weight excluding hydrogens is 516 g/mol. The maximum Gasteiger partial charge on any atom is 0.262 e. The Kier molecular flexibility index (Phi) is 7.35. The topological polar surface area (TPSA) is 93.7 Å². The van der Waals surface area contributed by atoms with Crippen LogP contribution in [0.25, 0.3) is 0 Å². The van der Waals surface area contributed by atoms with Crippen LogP contribution in [0.3, 0.4) is 0 Å². The Morgan fingerprint density at radius 3 is 2.05 bits per heavy atom. The van der Waals surface area contributed by atoms with Gasteiger partial charge in [0, 0.05) is 47.0 Å². The zero-order valence-corrected chi connectivity index (χ0v) is 25.1. The molecule has 3 aliphatic rings. The predicted molar refractivity (Wildman–Crippen MR) is 159 cm³/mol. The number of rotatable bonds is 6. The van der Waals surface area contributed by atoms with Gasteiger partial charge in [0.1, 0.15) is 0 Å². The molecule has 0 unspecified atom stereocenters. The molecule has 216 valence electrons. The van der Waals surface area contributed by atoms with Gasteiger partial charge in [-0.25, -0.2) is 0 Å². The minimum atomic E-state index is -0.468. The summed E-state index contributed by atoms with van der Waals surface area (Å²) in [5.41, 5.74) is 6.52. The summed E-state index contributed by atoms with van der Waals surface area (Å²) in [6, 6.07) is 11.3. The predicted octanol–water partition coefficient (Wildman–Crippen LogP) is 6.30. The quantitative estimate of drug-likeness (QED) is 0.434. The van der Waals surface area contributed by atoms with E-state index in [9.17, 15) is 14.4 Å². The van der Waals surface area contributed by atoms with E-state index in [0.717, 1.165) is 46.6 Å². The average molecular weight is 557 g/mol. The van der Waals surface area contributed by atoms with Gasteiger partial charge in [-0.2, -0.15) is 0 Å². The Morgan fingerprint density at radius 1 is 0.878 bits per heavy atom. The number of dihydropyridines is 1. The second-order valence-electron chi connectivity index (χ2n) is 13.3. The minimum Gasteiger partial charge on any atom is -0.493 e. The number of nitrogens with one attached hydrogen (secondary N) is 2. The first-order chi connectivity index (χ1) is 19.3. The van der Waals surface area contributed by atoms with Crippen LogP contribution < -0.4 is 20.1 Å². The molecule has 0 saturated heterocycles. The van der Waals surface area contributed by atoms with Gasteiger partial charge in [-0.05, 0) is 66.8 Å². The molecule has 1 heterocycles. The molecule has 0 atom stereocenters. The lowest BCUT2D eigenvalue weighted by Gasteiger charge is -2.44. The van der Waals surface area contributed by atoms with Crippen LogP contribution in [0.4, 0.5) is 5.69 Å². The third kappa shape index (κ3) is 5.81. The molecule has 0 radical (unpaired) electrons. The summed E-state index contributed by atoms with van der Waals surface area (Å²) in [5, 5.41) is 6.44. The molecule has 1 aliphatic heterocycles. The summed E-state index contributed by atoms with van der Waals surface area (Å²) in [5.74, 6) is 0.245. The number of methoxy groups -OCH3 is 1. The first kappa shape index (κ1) is 28.7. The smallest absolute Gasteiger partial charge is 0.262 e. The van der Waals surface area contributed by atoms with E-state index in [4.69, 9.17) is 9.47 Å². The molecule has 0 saturated carbocycles.